The van der Waals surface area contributed by atoms with Gasteiger partial charge in [0.15, 0.2) is 8.32 Å². The molecule has 3 heteroatoms. The highest BCUT2D eigenvalue weighted by Crippen LogP contribution is 2.38. The van der Waals surface area contributed by atoms with Gasteiger partial charge in [-0.1, -0.05) is 64.3 Å². The van der Waals surface area contributed by atoms with Crippen molar-refractivity contribution in [2.75, 3.05) is 13.2 Å². The molecule has 2 atom stereocenters. The molecule has 0 aliphatic heterocycles. The van der Waals surface area contributed by atoms with E-state index in [2.05, 4.69) is 46.0 Å². The van der Waals surface area contributed by atoms with Crippen molar-refractivity contribution >= 4 is 8.32 Å². The van der Waals surface area contributed by atoms with Crippen LogP contribution in [0.25, 0.3) is 0 Å². The quantitative estimate of drug-likeness (QED) is 0.407. The molecule has 0 bridgehead atoms. The first-order chi connectivity index (χ1) is 10.3. The Kier molecular flexibility index (Phi) is 8.08. The van der Waals surface area contributed by atoms with Gasteiger partial charge in [-0.15, -0.1) is 0 Å². The van der Waals surface area contributed by atoms with Gasteiger partial charge in [0.1, 0.15) is 0 Å². The van der Waals surface area contributed by atoms with Crippen LogP contribution in [-0.2, 0) is 4.43 Å². The zero-order valence-electron chi connectivity index (χ0n) is 15.3. The van der Waals surface area contributed by atoms with Crippen molar-refractivity contribution in [2.24, 2.45) is 11.8 Å². The highest BCUT2D eigenvalue weighted by molar-refractivity contribution is 6.74. The van der Waals surface area contributed by atoms with Crippen LogP contribution in [0, 0.1) is 11.8 Å². The van der Waals surface area contributed by atoms with Crippen LogP contribution in [0.3, 0.4) is 0 Å². The zero-order chi connectivity index (χ0) is 16.6. The molecular weight excluding hydrogens is 288 g/mol. The van der Waals surface area contributed by atoms with Gasteiger partial charge >= 0.3 is 0 Å². The Morgan fingerprint density at radius 1 is 1.09 bits per heavy atom. The second kappa shape index (κ2) is 9.04. The number of hydrogen-bond donors (Lipinski definition) is 1. The monoisotopic (exact) mass is 324 g/mol. The summed E-state index contributed by atoms with van der Waals surface area (Å²) < 4.78 is 6.49. The van der Waals surface area contributed by atoms with Gasteiger partial charge in [-0.05, 0) is 42.8 Å². The molecule has 2 nitrogen and oxygen atoms in total. The number of aliphatic hydroxyl groups is 1. The van der Waals surface area contributed by atoms with Crippen LogP contribution in [0.15, 0.2) is 24.3 Å². The van der Waals surface area contributed by atoms with Crippen LogP contribution in [0.1, 0.15) is 52.9 Å². The third-order valence-corrected chi connectivity index (χ3v) is 9.89. The van der Waals surface area contributed by atoms with Crippen molar-refractivity contribution in [1.29, 1.82) is 0 Å². The minimum Gasteiger partial charge on any atom is -0.417 e. The van der Waals surface area contributed by atoms with E-state index in [-0.39, 0.29) is 11.6 Å². The summed E-state index contributed by atoms with van der Waals surface area (Å²) in [6.45, 7) is 12.6. The summed E-state index contributed by atoms with van der Waals surface area (Å²) in [5.74, 6) is 1.27. The third-order valence-electron chi connectivity index (χ3n) is 5.39. The van der Waals surface area contributed by atoms with Crippen LogP contribution in [0.5, 0.6) is 0 Å². The Morgan fingerprint density at radius 2 is 1.77 bits per heavy atom. The van der Waals surface area contributed by atoms with Gasteiger partial charge in [0, 0.05) is 6.61 Å². The van der Waals surface area contributed by atoms with E-state index in [1.54, 1.807) is 6.08 Å². The first-order valence-corrected chi connectivity index (χ1v) is 11.8. The second-order valence-corrected chi connectivity index (χ2v) is 12.9. The predicted octanol–water partition coefficient (Wildman–Crippen LogP) is 5.31. The van der Waals surface area contributed by atoms with Gasteiger partial charge in [-0.3, -0.25) is 0 Å². The van der Waals surface area contributed by atoms with Gasteiger partial charge in [-0.2, -0.15) is 0 Å². The van der Waals surface area contributed by atoms with E-state index in [9.17, 15) is 0 Å². The van der Waals surface area contributed by atoms with Gasteiger partial charge in [0.05, 0.1) is 6.61 Å². The first-order valence-electron chi connectivity index (χ1n) is 8.86. The molecule has 0 radical (unpaired) electrons. The maximum Gasteiger partial charge on any atom is 0.191 e. The molecule has 1 saturated carbocycles. The summed E-state index contributed by atoms with van der Waals surface area (Å²) >= 11 is 0. The maximum absolute atomic E-state index is 8.81. The molecule has 0 aromatic rings. The number of allylic oxidation sites excluding steroid dienone is 3. The lowest BCUT2D eigenvalue weighted by Crippen LogP contribution is -2.42. The Hall–Kier alpha value is -0.383. The summed E-state index contributed by atoms with van der Waals surface area (Å²) in [5, 5.41) is 9.10. The van der Waals surface area contributed by atoms with Crippen LogP contribution in [0.2, 0.25) is 18.1 Å². The number of hydrogen-bond acceptors (Lipinski definition) is 2. The van der Waals surface area contributed by atoms with Gasteiger partial charge in [-0.25, -0.2) is 0 Å². The average molecular weight is 325 g/mol. The highest BCUT2D eigenvalue weighted by atomic mass is 28.4. The summed E-state index contributed by atoms with van der Waals surface area (Å²) in [6.07, 6.45) is 14.8. The van der Waals surface area contributed by atoms with Gasteiger partial charge in [0.25, 0.3) is 0 Å². The lowest BCUT2D eigenvalue weighted by atomic mass is 9.88. The van der Waals surface area contributed by atoms with Crippen molar-refractivity contribution in [3.8, 4) is 0 Å². The third kappa shape index (κ3) is 6.39. The normalized spacial score (nSPS) is 25.0. The molecule has 1 rings (SSSR count). The average Bonchev–Trinajstić information content (AvgIpc) is 2.65. The fraction of sp³-hybridized carbons (Fsp3) is 0.789. The Morgan fingerprint density at radius 3 is 2.41 bits per heavy atom. The molecule has 1 aliphatic carbocycles. The fourth-order valence-electron chi connectivity index (χ4n) is 2.75. The van der Waals surface area contributed by atoms with E-state index < -0.39 is 8.32 Å². The molecule has 1 fully saturated rings. The second-order valence-electron chi connectivity index (χ2n) is 8.13. The highest BCUT2D eigenvalue weighted by Gasteiger charge is 2.38. The molecule has 1 N–H and O–H groups in total. The minimum absolute atomic E-state index is 0.118. The number of rotatable bonds is 6. The van der Waals surface area contributed by atoms with Gasteiger partial charge < -0.3 is 9.53 Å². The van der Waals surface area contributed by atoms with Crippen molar-refractivity contribution in [1.82, 2.24) is 0 Å². The molecule has 1 aliphatic rings. The van der Waals surface area contributed by atoms with Crippen LogP contribution >= 0.6 is 0 Å². The van der Waals surface area contributed by atoms with E-state index >= 15 is 0 Å². The molecule has 0 aromatic carbocycles. The summed E-state index contributed by atoms with van der Waals surface area (Å²) in [6, 6.07) is 0. The molecule has 0 amide bonds. The molecule has 0 spiro atoms. The lowest BCUT2D eigenvalue weighted by molar-refractivity contribution is 0.190. The van der Waals surface area contributed by atoms with E-state index in [1.165, 1.54) is 32.1 Å². The summed E-state index contributed by atoms with van der Waals surface area (Å²) in [7, 11) is -1.65. The smallest absolute Gasteiger partial charge is 0.191 e. The molecule has 22 heavy (non-hydrogen) atoms. The van der Waals surface area contributed by atoms with Crippen molar-refractivity contribution in [3.63, 3.8) is 0 Å². The molecule has 0 saturated heterocycles. The Bertz CT molecular complexity index is 366. The molecular formula is C19H36O2Si. The standard InChI is InChI=1S/C19H36O2Si/c1-19(2,3)22(4,5)21-16-18-14-9-6-8-12-17(18)13-10-7-11-15-20/h7,10-11,13,17-18,20H,6,8-9,12,14-16H2,1-5H3/b11-7+,13-10+. The Labute approximate surface area is 138 Å². The van der Waals surface area contributed by atoms with E-state index in [0.29, 0.717) is 11.8 Å². The zero-order valence-corrected chi connectivity index (χ0v) is 16.3. The Balaban J connectivity index is 2.66. The topological polar surface area (TPSA) is 29.5 Å². The summed E-state index contributed by atoms with van der Waals surface area (Å²) in [4.78, 5) is 0. The van der Waals surface area contributed by atoms with Crippen molar-refractivity contribution in [2.45, 2.75) is 71.0 Å². The first kappa shape index (κ1) is 19.7. The maximum atomic E-state index is 8.81. The lowest BCUT2D eigenvalue weighted by Gasteiger charge is -2.38. The van der Waals surface area contributed by atoms with Crippen molar-refractivity contribution < 1.29 is 9.53 Å². The van der Waals surface area contributed by atoms with Crippen LogP contribution in [0.4, 0.5) is 0 Å². The minimum atomic E-state index is -1.65. The number of aliphatic hydroxyl groups excluding tert-OH is 1. The molecule has 0 heterocycles. The van der Waals surface area contributed by atoms with Gasteiger partial charge in [0.2, 0.25) is 0 Å². The van der Waals surface area contributed by atoms with E-state index in [1.807, 2.05) is 6.08 Å². The fourth-order valence-corrected chi connectivity index (χ4v) is 3.82. The largest absolute Gasteiger partial charge is 0.417 e. The SMILES string of the molecule is CC(C)(C)[Si](C)(C)OCC1CCCCCC1/C=C/C=C/CO. The van der Waals surface area contributed by atoms with E-state index in [0.717, 1.165) is 6.61 Å². The molecule has 0 aromatic heterocycles. The van der Waals surface area contributed by atoms with Crippen LogP contribution in [-0.4, -0.2) is 26.6 Å². The van der Waals surface area contributed by atoms with Crippen molar-refractivity contribution in [3.05, 3.63) is 24.3 Å². The van der Waals surface area contributed by atoms with E-state index in [4.69, 9.17) is 9.53 Å². The molecule has 128 valence electrons. The molecule has 2 unspecified atom stereocenters. The predicted molar refractivity (Wildman–Crippen MR) is 98.6 cm³/mol. The van der Waals surface area contributed by atoms with Crippen LogP contribution < -0.4 is 0 Å². The summed E-state index contributed by atoms with van der Waals surface area (Å²) in [5.41, 5.74) is 0.